The summed E-state index contributed by atoms with van der Waals surface area (Å²) in [6.07, 6.45) is 5.29. The third kappa shape index (κ3) is 5.21. The van der Waals surface area contributed by atoms with Gasteiger partial charge in [0.05, 0.1) is 13.5 Å². The highest BCUT2D eigenvalue weighted by Crippen LogP contribution is 2.28. The molecule has 0 aromatic rings. The van der Waals surface area contributed by atoms with E-state index in [1.165, 1.54) is 20.0 Å². The third-order valence-electron chi connectivity index (χ3n) is 3.85. The van der Waals surface area contributed by atoms with Crippen LogP contribution in [-0.2, 0) is 14.3 Å². The van der Waals surface area contributed by atoms with Crippen LogP contribution in [0.4, 0.5) is 0 Å². The third-order valence-corrected chi connectivity index (χ3v) is 3.85. The lowest BCUT2D eigenvalue weighted by Gasteiger charge is -2.31. The molecule has 110 valence electrons. The maximum Gasteiger partial charge on any atom is 0.306 e. The summed E-state index contributed by atoms with van der Waals surface area (Å²) in [7, 11) is 1.39. The van der Waals surface area contributed by atoms with Crippen molar-refractivity contribution in [2.24, 2.45) is 5.41 Å². The fourth-order valence-corrected chi connectivity index (χ4v) is 2.68. The van der Waals surface area contributed by atoms with E-state index in [4.69, 9.17) is 4.74 Å². The number of methoxy groups -OCH3 is 1. The summed E-state index contributed by atoms with van der Waals surface area (Å²) in [5.41, 5.74) is -0.337. The molecule has 1 amide bonds. The Morgan fingerprint density at radius 2 is 1.89 bits per heavy atom. The second-order valence-corrected chi connectivity index (χ2v) is 6.38. The Morgan fingerprint density at radius 3 is 2.53 bits per heavy atom. The van der Waals surface area contributed by atoms with Gasteiger partial charge in [-0.2, -0.15) is 0 Å². The van der Waals surface area contributed by atoms with E-state index >= 15 is 0 Å². The first-order chi connectivity index (χ1) is 8.85. The van der Waals surface area contributed by atoms with Crippen LogP contribution in [0.15, 0.2) is 0 Å². The molecule has 0 radical (unpaired) electrons. The zero-order valence-corrected chi connectivity index (χ0v) is 12.7. The van der Waals surface area contributed by atoms with Crippen LogP contribution < -0.4 is 0 Å². The number of rotatable bonds is 4. The molecule has 1 atom stereocenters. The van der Waals surface area contributed by atoms with Gasteiger partial charge in [0.2, 0.25) is 5.91 Å². The lowest BCUT2D eigenvalue weighted by atomic mass is 9.85. The Morgan fingerprint density at radius 1 is 1.21 bits per heavy atom. The van der Waals surface area contributed by atoms with Crippen LogP contribution in [-0.4, -0.2) is 36.5 Å². The summed E-state index contributed by atoms with van der Waals surface area (Å²) in [6, 6.07) is 0.323. The normalized spacial score (nSPS) is 20.8. The summed E-state index contributed by atoms with van der Waals surface area (Å²) in [4.78, 5) is 25.8. The monoisotopic (exact) mass is 269 g/mol. The maximum absolute atomic E-state index is 12.4. The smallest absolute Gasteiger partial charge is 0.306 e. The Balaban J connectivity index is 2.59. The minimum Gasteiger partial charge on any atom is -0.469 e. The first-order valence-corrected chi connectivity index (χ1v) is 7.22. The molecule has 1 saturated heterocycles. The molecule has 0 N–H and O–H groups in total. The van der Waals surface area contributed by atoms with Crippen LogP contribution in [0.5, 0.6) is 0 Å². The van der Waals surface area contributed by atoms with Gasteiger partial charge < -0.3 is 9.64 Å². The lowest BCUT2D eigenvalue weighted by Crippen LogP contribution is -2.40. The molecule has 1 aliphatic rings. The van der Waals surface area contributed by atoms with Gasteiger partial charge in [0.25, 0.3) is 0 Å². The van der Waals surface area contributed by atoms with Gasteiger partial charge >= 0.3 is 5.97 Å². The second-order valence-electron chi connectivity index (χ2n) is 6.38. The average Bonchev–Trinajstić information content (AvgIpc) is 2.52. The van der Waals surface area contributed by atoms with Crippen LogP contribution in [0.25, 0.3) is 0 Å². The van der Waals surface area contributed by atoms with E-state index < -0.39 is 0 Å². The van der Waals surface area contributed by atoms with Gasteiger partial charge in [-0.15, -0.1) is 0 Å². The number of carbonyl (C=O) groups is 2. The summed E-state index contributed by atoms with van der Waals surface area (Å²) < 4.78 is 4.69. The molecule has 0 aliphatic carbocycles. The number of amides is 1. The van der Waals surface area contributed by atoms with Crippen molar-refractivity contribution in [2.45, 2.75) is 65.3 Å². The van der Waals surface area contributed by atoms with Crippen LogP contribution in [0.3, 0.4) is 0 Å². The van der Waals surface area contributed by atoms with Crippen molar-refractivity contribution in [3.8, 4) is 0 Å². The zero-order chi connectivity index (χ0) is 14.5. The van der Waals surface area contributed by atoms with E-state index in [1.807, 2.05) is 18.7 Å². The highest BCUT2D eigenvalue weighted by atomic mass is 16.5. The van der Waals surface area contributed by atoms with Crippen LogP contribution in [0.1, 0.15) is 59.3 Å². The molecule has 19 heavy (non-hydrogen) atoms. The van der Waals surface area contributed by atoms with Crippen LogP contribution >= 0.6 is 0 Å². The van der Waals surface area contributed by atoms with Gasteiger partial charge in [-0.05, 0) is 25.2 Å². The molecule has 1 aliphatic heterocycles. The van der Waals surface area contributed by atoms with Crippen molar-refractivity contribution < 1.29 is 14.3 Å². The molecule has 0 aromatic carbocycles. The molecule has 0 bridgehead atoms. The van der Waals surface area contributed by atoms with Crippen LogP contribution in [0.2, 0.25) is 0 Å². The topological polar surface area (TPSA) is 46.6 Å². The Bertz CT molecular complexity index is 325. The van der Waals surface area contributed by atoms with Gasteiger partial charge in [0.15, 0.2) is 0 Å². The molecule has 4 nitrogen and oxygen atoms in total. The SMILES string of the molecule is COC(=O)CC(C)(C)CC(=O)N1CCCCC[C@@H]1C. The minimum absolute atomic E-state index is 0.170. The van der Waals surface area contributed by atoms with Gasteiger partial charge in [-0.3, -0.25) is 9.59 Å². The van der Waals surface area contributed by atoms with E-state index in [0.717, 1.165) is 19.4 Å². The maximum atomic E-state index is 12.4. The van der Waals surface area contributed by atoms with E-state index in [-0.39, 0.29) is 23.7 Å². The molecule has 1 heterocycles. The van der Waals surface area contributed by atoms with Crippen LogP contribution in [0, 0.1) is 5.41 Å². The molecule has 1 rings (SSSR count). The number of ether oxygens (including phenoxy) is 1. The molecule has 0 spiro atoms. The van der Waals surface area contributed by atoms with Gasteiger partial charge in [0.1, 0.15) is 0 Å². The highest BCUT2D eigenvalue weighted by Gasteiger charge is 2.30. The van der Waals surface area contributed by atoms with E-state index in [0.29, 0.717) is 12.5 Å². The summed E-state index contributed by atoms with van der Waals surface area (Å²) in [5, 5.41) is 0. The summed E-state index contributed by atoms with van der Waals surface area (Å²) >= 11 is 0. The van der Waals surface area contributed by atoms with E-state index in [9.17, 15) is 9.59 Å². The van der Waals surface area contributed by atoms with E-state index in [1.54, 1.807) is 0 Å². The zero-order valence-electron chi connectivity index (χ0n) is 12.7. The Kier molecular flexibility index (Phi) is 5.83. The Hall–Kier alpha value is -1.06. The molecule has 1 fully saturated rings. The Labute approximate surface area is 116 Å². The molecule has 4 heteroatoms. The number of hydrogen-bond donors (Lipinski definition) is 0. The van der Waals surface area contributed by atoms with Crippen molar-refractivity contribution in [1.82, 2.24) is 4.90 Å². The number of hydrogen-bond acceptors (Lipinski definition) is 3. The van der Waals surface area contributed by atoms with Crippen molar-refractivity contribution in [3.05, 3.63) is 0 Å². The van der Waals surface area contributed by atoms with Gasteiger partial charge in [-0.25, -0.2) is 0 Å². The molecule has 0 aromatic heterocycles. The fourth-order valence-electron chi connectivity index (χ4n) is 2.68. The van der Waals surface area contributed by atoms with Gasteiger partial charge in [-0.1, -0.05) is 26.7 Å². The molecule has 0 unspecified atom stereocenters. The number of carbonyl (C=O) groups excluding carboxylic acids is 2. The standard InChI is InChI=1S/C15H27NO3/c1-12-8-6-5-7-9-16(12)13(17)10-15(2,3)11-14(18)19-4/h12H,5-11H2,1-4H3/t12-/m0/s1. The number of esters is 1. The molecule has 0 saturated carbocycles. The number of likely N-dealkylation sites (tertiary alicyclic amines) is 1. The fraction of sp³-hybridized carbons (Fsp3) is 0.867. The van der Waals surface area contributed by atoms with E-state index in [2.05, 4.69) is 6.92 Å². The van der Waals surface area contributed by atoms with Crippen molar-refractivity contribution in [3.63, 3.8) is 0 Å². The summed E-state index contributed by atoms with van der Waals surface area (Å²) in [6.45, 7) is 6.87. The highest BCUT2D eigenvalue weighted by molar-refractivity contribution is 5.78. The lowest BCUT2D eigenvalue weighted by molar-refractivity contribution is -0.144. The predicted octanol–water partition coefficient (Wildman–Crippen LogP) is 2.76. The average molecular weight is 269 g/mol. The first-order valence-electron chi connectivity index (χ1n) is 7.22. The predicted molar refractivity (Wildman–Crippen MR) is 74.7 cm³/mol. The summed E-state index contributed by atoms with van der Waals surface area (Å²) in [5.74, 6) is -0.0787. The van der Waals surface area contributed by atoms with Crippen molar-refractivity contribution in [1.29, 1.82) is 0 Å². The quantitative estimate of drug-likeness (QED) is 0.737. The van der Waals surface area contributed by atoms with Crippen molar-refractivity contribution in [2.75, 3.05) is 13.7 Å². The second kappa shape index (κ2) is 6.92. The largest absolute Gasteiger partial charge is 0.469 e. The molecular formula is C15H27NO3. The first kappa shape index (κ1) is 16.0. The minimum atomic E-state index is -0.337. The molecular weight excluding hydrogens is 242 g/mol. The van der Waals surface area contributed by atoms with Gasteiger partial charge in [0, 0.05) is 19.0 Å². The van der Waals surface area contributed by atoms with Crippen molar-refractivity contribution >= 4 is 11.9 Å². The number of nitrogens with zero attached hydrogens (tertiary/aromatic N) is 1.